The van der Waals surface area contributed by atoms with Gasteiger partial charge in [0.2, 0.25) is 11.8 Å². The number of nitrogens with one attached hydrogen (secondary N) is 2. The highest BCUT2D eigenvalue weighted by molar-refractivity contribution is 9.10. The van der Waals surface area contributed by atoms with Gasteiger partial charge in [-0.05, 0) is 78.6 Å². The van der Waals surface area contributed by atoms with Gasteiger partial charge < -0.3 is 10.6 Å². The standard InChI is InChI=1S/C21H24BrN3O2/c1-15-7-8-19(18(22)13-15)24-20(26)14-25-11-9-16(10-12-25)21(27)23-17-5-3-2-4-6-17/h2-8,13,16H,9-12,14H2,1H3,(H,23,27)(H,24,26). The van der Waals surface area contributed by atoms with Crippen molar-refractivity contribution in [2.24, 2.45) is 5.92 Å². The molecular formula is C21H24BrN3O2. The Morgan fingerprint density at radius 1 is 1.07 bits per heavy atom. The highest BCUT2D eigenvalue weighted by Crippen LogP contribution is 2.24. The van der Waals surface area contributed by atoms with E-state index in [-0.39, 0.29) is 17.7 Å². The highest BCUT2D eigenvalue weighted by Gasteiger charge is 2.26. The summed E-state index contributed by atoms with van der Waals surface area (Å²) < 4.78 is 0.882. The predicted molar refractivity (Wildman–Crippen MR) is 112 cm³/mol. The van der Waals surface area contributed by atoms with E-state index in [4.69, 9.17) is 0 Å². The van der Waals surface area contributed by atoms with Crippen molar-refractivity contribution < 1.29 is 9.59 Å². The van der Waals surface area contributed by atoms with E-state index in [2.05, 4.69) is 31.5 Å². The Kier molecular flexibility index (Phi) is 6.63. The van der Waals surface area contributed by atoms with Gasteiger partial charge in [-0.1, -0.05) is 24.3 Å². The number of piperidine rings is 1. The average molecular weight is 430 g/mol. The molecule has 1 saturated heterocycles. The lowest BCUT2D eigenvalue weighted by Gasteiger charge is -2.30. The lowest BCUT2D eigenvalue weighted by Crippen LogP contribution is -2.41. The molecule has 0 atom stereocenters. The van der Waals surface area contributed by atoms with Crippen LogP contribution in [0.15, 0.2) is 53.0 Å². The molecule has 1 heterocycles. The first-order chi connectivity index (χ1) is 13.0. The van der Waals surface area contributed by atoms with E-state index < -0.39 is 0 Å². The lowest BCUT2D eigenvalue weighted by atomic mass is 9.96. The minimum atomic E-state index is -0.0354. The van der Waals surface area contributed by atoms with Gasteiger partial charge in [0.1, 0.15) is 0 Å². The van der Waals surface area contributed by atoms with E-state index in [1.807, 2.05) is 55.5 Å². The molecule has 0 saturated carbocycles. The van der Waals surface area contributed by atoms with Crippen molar-refractivity contribution >= 4 is 39.1 Å². The van der Waals surface area contributed by atoms with Crippen LogP contribution in [0, 0.1) is 12.8 Å². The van der Waals surface area contributed by atoms with E-state index in [1.165, 1.54) is 0 Å². The van der Waals surface area contributed by atoms with E-state index in [0.29, 0.717) is 6.54 Å². The number of hydrogen-bond donors (Lipinski definition) is 2. The molecule has 0 spiro atoms. The van der Waals surface area contributed by atoms with Crippen LogP contribution in [0.5, 0.6) is 0 Å². The van der Waals surface area contributed by atoms with Crippen molar-refractivity contribution in [1.82, 2.24) is 4.90 Å². The number of amides is 2. The summed E-state index contributed by atoms with van der Waals surface area (Å²) in [5.41, 5.74) is 2.74. The molecule has 0 aromatic heterocycles. The zero-order chi connectivity index (χ0) is 19.2. The van der Waals surface area contributed by atoms with E-state index in [1.54, 1.807) is 0 Å². The third kappa shape index (κ3) is 5.65. The van der Waals surface area contributed by atoms with Gasteiger partial charge >= 0.3 is 0 Å². The van der Waals surface area contributed by atoms with Crippen LogP contribution in [-0.4, -0.2) is 36.3 Å². The maximum Gasteiger partial charge on any atom is 0.238 e. The van der Waals surface area contributed by atoms with Crippen molar-refractivity contribution in [3.63, 3.8) is 0 Å². The van der Waals surface area contributed by atoms with E-state index in [9.17, 15) is 9.59 Å². The number of rotatable bonds is 5. The number of likely N-dealkylation sites (tertiary alicyclic amines) is 1. The molecular weight excluding hydrogens is 406 g/mol. The fourth-order valence-electron chi connectivity index (χ4n) is 3.23. The Morgan fingerprint density at radius 2 is 1.78 bits per heavy atom. The molecule has 27 heavy (non-hydrogen) atoms. The van der Waals surface area contributed by atoms with Gasteiger partial charge in [-0.25, -0.2) is 0 Å². The third-order valence-electron chi connectivity index (χ3n) is 4.77. The molecule has 5 nitrogen and oxygen atoms in total. The molecule has 0 aliphatic carbocycles. The SMILES string of the molecule is Cc1ccc(NC(=O)CN2CCC(C(=O)Nc3ccccc3)CC2)c(Br)c1. The Bertz CT molecular complexity index is 802. The number of halogens is 1. The van der Waals surface area contributed by atoms with Gasteiger partial charge in [-0.2, -0.15) is 0 Å². The van der Waals surface area contributed by atoms with Gasteiger partial charge in [0.25, 0.3) is 0 Å². The van der Waals surface area contributed by atoms with Gasteiger partial charge in [-0.3, -0.25) is 14.5 Å². The van der Waals surface area contributed by atoms with Crippen LogP contribution in [0.2, 0.25) is 0 Å². The predicted octanol–water partition coefficient (Wildman–Crippen LogP) is 4.05. The molecule has 2 amide bonds. The minimum Gasteiger partial charge on any atom is -0.326 e. The topological polar surface area (TPSA) is 61.4 Å². The summed E-state index contributed by atoms with van der Waals surface area (Å²) in [6.45, 7) is 3.84. The van der Waals surface area contributed by atoms with Gasteiger partial charge in [0, 0.05) is 16.1 Å². The number of para-hydroxylation sites is 1. The molecule has 1 aliphatic rings. The van der Waals surface area contributed by atoms with Crippen molar-refractivity contribution in [3.05, 3.63) is 58.6 Å². The van der Waals surface area contributed by atoms with Gasteiger partial charge in [0.15, 0.2) is 0 Å². The van der Waals surface area contributed by atoms with E-state index >= 15 is 0 Å². The Balaban J connectivity index is 1.45. The van der Waals surface area contributed by atoms with Crippen LogP contribution < -0.4 is 10.6 Å². The summed E-state index contributed by atoms with van der Waals surface area (Å²) >= 11 is 3.48. The highest BCUT2D eigenvalue weighted by atomic mass is 79.9. The van der Waals surface area contributed by atoms with Crippen molar-refractivity contribution in [2.75, 3.05) is 30.3 Å². The lowest BCUT2D eigenvalue weighted by molar-refractivity contribution is -0.121. The van der Waals surface area contributed by atoms with Crippen LogP contribution in [0.4, 0.5) is 11.4 Å². The van der Waals surface area contributed by atoms with Gasteiger partial charge in [0.05, 0.1) is 12.2 Å². The Labute approximate surface area is 168 Å². The molecule has 142 valence electrons. The molecule has 6 heteroatoms. The van der Waals surface area contributed by atoms with Gasteiger partial charge in [-0.15, -0.1) is 0 Å². The number of nitrogens with zero attached hydrogens (tertiary/aromatic N) is 1. The number of hydrogen-bond acceptors (Lipinski definition) is 3. The van der Waals surface area contributed by atoms with Crippen LogP contribution in [0.1, 0.15) is 18.4 Å². The first-order valence-corrected chi connectivity index (χ1v) is 9.95. The number of anilines is 2. The van der Waals surface area contributed by atoms with E-state index in [0.717, 1.165) is 47.3 Å². The van der Waals surface area contributed by atoms with Crippen molar-refractivity contribution in [1.29, 1.82) is 0 Å². The largest absolute Gasteiger partial charge is 0.326 e. The molecule has 0 unspecified atom stereocenters. The molecule has 2 N–H and O–H groups in total. The summed E-state index contributed by atoms with van der Waals surface area (Å²) in [6, 6.07) is 15.4. The summed E-state index contributed by atoms with van der Waals surface area (Å²) in [4.78, 5) is 26.8. The maximum absolute atomic E-state index is 12.4. The molecule has 0 radical (unpaired) electrons. The number of benzene rings is 2. The number of carbonyl (C=O) groups excluding carboxylic acids is 2. The second-order valence-electron chi connectivity index (χ2n) is 6.94. The number of aryl methyl sites for hydroxylation is 1. The number of carbonyl (C=O) groups is 2. The smallest absolute Gasteiger partial charge is 0.238 e. The molecule has 1 fully saturated rings. The second kappa shape index (κ2) is 9.15. The van der Waals surface area contributed by atoms with Crippen LogP contribution in [0.3, 0.4) is 0 Å². The third-order valence-corrected chi connectivity index (χ3v) is 5.42. The van der Waals surface area contributed by atoms with Crippen LogP contribution >= 0.6 is 15.9 Å². The average Bonchev–Trinajstić information content (AvgIpc) is 2.65. The summed E-state index contributed by atoms with van der Waals surface area (Å²) in [6.07, 6.45) is 1.53. The minimum absolute atomic E-state index is 0.00393. The maximum atomic E-state index is 12.4. The molecule has 0 bridgehead atoms. The first-order valence-electron chi connectivity index (χ1n) is 9.15. The fraction of sp³-hybridized carbons (Fsp3) is 0.333. The second-order valence-corrected chi connectivity index (χ2v) is 7.79. The normalized spacial score (nSPS) is 15.3. The van der Waals surface area contributed by atoms with Crippen LogP contribution in [-0.2, 0) is 9.59 Å². The summed E-state index contributed by atoms with van der Waals surface area (Å²) in [5, 5.41) is 5.91. The first kappa shape index (κ1) is 19.6. The fourth-order valence-corrected chi connectivity index (χ4v) is 3.83. The Hall–Kier alpha value is -2.18. The molecule has 1 aliphatic heterocycles. The quantitative estimate of drug-likeness (QED) is 0.753. The zero-order valence-electron chi connectivity index (χ0n) is 15.4. The Morgan fingerprint density at radius 3 is 2.44 bits per heavy atom. The van der Waals surface area contributed by atoms with Crippen LogP contribution in [0.25, 0.3) is 0 Å². The molecule has 3 rings (SSSR count). The summed E-state index contributed by atoms with van der Waals surface area (Å²) in [5.74, 6) is 0.0244. The monoisotopic (exact) mass is 429 g/mol. The molecule has 2 aromatic rings. The zero-order valence-corrected chi connectivity index (χ0v) is 17.0. The van der Waals surface area contributed by atoms with Crippen molar-refractivity contribution in [2.45, 2.75) is 19.8 Å². The summed E-state index contributed by atoms with van der Waals surface area (Å²) in [7, 11) is 0. The molecule has 2 aromatic carbocycles. The van der Waals surface area contributed by atoms with Crippen molar-refractivity contribution in [3.8, 4) is 0 Å².